The van der Waals surface area contributed by atoms with E-state index < -0.39 is 0 Å². The maximum Gasteiger partial charge on any atom is 0.176 e. The fraction of sp³-hybridized carbons (Fsp3) is 0.286. The van der Waals surface area contributed by atoms with E-state index in [0.717, 1.165) is 9.26 Å². The molecule has 2 nitrogen and oxygen atoms in total. The van der Waals surface area contributed by atoms with Crippen molar-refractivity contribution in [3.8, 4) is 0 Å². The number of carbonyl (C=O) groups is 1. The van der Waals surface area contributed by atoms with Gasteiger partial charge in [-0.1, -0.05) is 0 Å². The van der Waals surface area contributed by atoms with Gasteiger partial charge in [0.25, 0.3) is 0 Å². The zero-order valence-electron chi connectivity index (χ0n) is 5.89. The van der Waals surface area contributed by atoms with E-state index in [1.807, 2.05) is 23.9 Å². The lowest BCUT2D eigenvalue weighted by atomic mass is 10.3. The van der Waals surface area contributed by atoms with Crippen LogP contribution in [0.3, 0.4) is 0 Å². The summed E-state index contributed by atoms with van der Waals surface area (Å²) in [5.74, 6) is 0.116. The van der Waals surface area contributed by atoms with Crippen molar-refractivity contribution in [3.63, 3.8) is 0 Å². The topological polar surface area (TPSA) is 22.0 Å². The van der Waals surface area contributed by atoms with Crippen LogP contribution in [0, 0.1) is 3.57 Å². The highest BCUT2D eigenvalue weighted by Crippen LogP contribution is 2.09. The number of nitrogens with zero attached hydrogens (tertiary/aromatic N) is 1. The molecule has 0 aromatic carbocycles. The van der Waals surface area contributed by atoms with Crippen molar-refractivity contribution < 1.29 is 4.79 Å². The van der Waals surface area contributed by atoms with Gasteiger partial charge in [0.2, 0.25) is 0 Å². The van der Waals surface area contributed by atoms with Crippen LogP contribution in [0.4, 0.5) is 0 Å². The molecule has 1 aromatic heterocycles. The molecule has 0 bridgehead atoms. The van der Waals surface area contributed by atoms with Crippen molar-refractivity contribution in [2.75, 3.05) is 0 Å². The number of Topliss-reactive ketones (excluding diaryl/α,β-unsaturated/α-hetero) is 1. The highest BCUT2D eigenvalue weighted by molar-refractivity contribution is 14.1. The first-order chi connectivity index (χ1) is 4.61. The lowest BCUT2D eigenvalue weighted by Gasteiger charge is -1.94. The van der Waals surface area contributed by atoms with Crippen LogP contribution in [0.2, 0.25) is 0 Å². The Morgan fingerprint density at radius 3 is 2.50 bits per heavy atom. The van der Waals surface area contributed by atoms with Gasteiger partial charge in [-0.25, -0.2) is 0 Å². The third-order valence-electron chi connectivity index (χ3n) is 1.33. The summed E-state index contributed by atoms with van der Waals surface area (Å²) >= 11 is 2.19. The molecule has 0 N–H and O–H groups in total. The van der Waals surface area contributed by atoms with Crippen LogP contribution in [-0.4, -0.2) is 10.4 Å². The minimum absolute atomic E-state index is 0.116. The largest absolute Gasteiger partial charge is 0.347 e. The second-order valence-electron chi connectivity index (χ2n) is 2.21. The van der Waals surface area contributed by atoms with Gasteiger partial charge in [-0.05, 0) is 28.7 Å². The van der Waals surface area contributed by atoms with Crippen LogP contribution >= 0.6 is 22.6 Å². The molecule has 0 aliphatic carbocycles. The van der Waals surface area contributed by atoms with E-state index in [-0.39, 0.29) is 5.78 Å². The molecule has 0 aliphatic rings. The third-order valence-corrected chi connectivity index (χ3v) is 1.92. The fourth-order valence-corrected chi connectivity index (χ4v) is 1.59. The van der Waals surface area contributed by atoms with Crippen LogP contribution in [0.1, 0.15) is 17.4 Å². The summed E-state index contributed by atoms with van der Waals surface area (Å²) in [6, 6.07) is 1.88. The molecule has 10 heavy (non-hydrogen) atoms. The molecule has 1 heterocycles. The van der Waals surface area contributed by atoms with E-state index in [9.17, 15) is 4.79 Å². The number of ketones is 1. The monoisotopic (exact) mass is 249 g/mol. The fourth-order valence-electron chi connectivity index (χ4n) is 0.874. The number of aromatic nitrogens is 1. The lowest BCUT2D eigenvalue weighted by molar-refractivity contribution is 0.101. The minimum Gasteiger partial charge on any atom is -0.347 e. The maximum atomic E-state index is 10.9. The summed E-state index contributed by atoms with van der Waals surface area (Å²) in [4.78, 5) is 10.9. The number of rotatable bonds is 1. The molecule has 0 atom stereocenters. The first-order valence-electron chi connectivity index (χ1n) is 2.94. The van der Waals surface area contributed by atoms with E-state index in [4.69, 9.17) is 0 Å². The Kier molecular flexibility index (Phi) is 2.13. The highest BCUT2D eigenvalue weighted by atomic mass is 127. The zero-order chi connectivity index (χ0) is 7.72. The van der Waals surface area contributed by atoms with Gasteiger partial charge in [-0.15, -0.1) is 0 Å². The summed E-state index contributed by atoms with van der Waals surface area (Å²) in [6.07, 6.45) is 1.93. The molecular formula is C7H8INO. The Balaban J connectivity index is 3.15. The smallest absolute Gasteiger partial charge is 0.176 e. The van der Waals surface area contributed by atoms with Crippen LogP contribution in [0.25, 0.3) is 0 Å². The molecule has 0 fully saturated rings. The number of aryl methyl sites for hydroxylation is 1. The van der Waals surface area contributed by atoms with Crippen molar-refractivity contribution in [2.24, 2.45) is 7.05 Å². The van der Waals surface area contributed by atoms with Crippen LogP contribution in [0.15, 0.2) is 12.3 Å². The first kappa shape index (κ1) is 7.78. The van der Waals surface area contributed by atoms with Gasteiger partial charge in [0.05, 0.1) is 5.69 Å². The standard InChI is InChI=1S/C7H8INO/c1-5(10)7-3-6(8)4-9(7)2/h3-4H,1-2H3. The van der Waals surface area contributed by atoms with E-state index in [1.54, 1.807) is 6.92 Å². The quantitative estimate of drug-likeness (QED) is 0.549. The number of hydrogen-bond acceptors (Lipinski definition) is 1. The van der Waals surface area contributed by atoms with Gasteiger partial charge >= 0.3 is 0 Å². The summed E-state index contributed by atoms with van der Waals surface area (Å²) in [5, 5.41) is 0. The van der Waals surface area contributed by atoms with Gasteiger partial charge in [0.15, 0.2) is 5.78 Å². The molecule has 0 saturated heterocycles. The van der Waals surface area contributed by atoms with E-state index in [0.29, 0.717) is 0 Å². The average molecular weight is 249 g/mol. The predicted molar refractivity (Wildman–Crippen MR) is 48.1 cm³/mol. The number of hydrogen-bond donors (Lipinski definition) is 0. The first-order valence-corrected chi connectivity index (χ1v) is 4.02. The van der Waals surface area contributed by atoms with Gasteiger partial charge in [-0.3, -0.25) is 4.79 Å². The van der Waals surface area contributed by atoms with Gasteiger partial charge in [-0.2, -0.15) is 0 Å². The van der Waals surface area contributed by atoms with E-state index >= 15 is 0 Å². The molecule has 0 saturated carbocycles. The minimum atomic E-state index is 0.116. The van der Waals surface area contributed by atoms with Gasteiger partial charge in [0.1, 0.15) is 0 Å². The van der Waals surface area contributed by atoms with Crippen molar-refractivity contribution in [1.29, 1.82) is 0 Å². The molecule has 1 aromatic rings. The number of carbonyl (C=O) groups excluding carboxylic acids is 1. The summed E-state index contributed by atoms with van der Waals surface area (Å²) in [5.41, 5.74) is 0.768. The molecule has 0 radical (unpaired) electrons. The van der Waals surface area contributed by atoms with E-state index in [1.165, 1.54) is 0 Å². The number of halogens is 1. The third kappa shape index (κ3) is 1.39. The second-order valence-corrected chi connectivity index (χ2v) is 3.46. The molecule has 1 rings (SSSR count). The summed E-state index contributed by atoms with van der Waals surface area (Å²) in [6.45, 7) is 1.57. The predicted octanol–water partition coefficient (Wildman–Crippen LogP) is 1.83. The summed E-state index contributed by atoms with van der Waals surface area (Å²) < 4.78 is 2.94. The van der Waals surface area contributed by atoms with Gasteiger partial charge < -0.3 is 4.57 Å². The van der Waals surface area contributed by atoms with Crippen molar-refractivity contribution in [1.82, 2.24) is 4.57 Å². The SMILES string of the molecule is CC(=O)c1cc(I)cn1C. The Bertz CT molecular complexity index is 265. The molecule has 54 valence electrons. The molecule has 0 unspecified atom stereocenters. The Hall–Kier alpha value is -0.320. The average Bonchev–Trinajstić information content (AvgIpc) is 2.10. The van der Waals surface area contributed by atoms with Crippen molar-refractivity contribution in [2.45, 2.75) is 6.92 Å². The lowest BCUT2D eigenvalue weighted by Crippen LogP contribution is -1.99. The zero-order valence-corrected chi connectivity index (χ0v) is 8.05. The highest BCUT2D eigenvalue weighted by Gasteiger charge is 2.03. The second kappa shape index (κ2) is 2.74. The molecule has 3 heteroatoms. The molecular weight excluding hydrogens is 241 g/mol. The maximum absolute atomic E-state index is 10.9. The van der Waals surface area contributed by atoms with Crippen LogP contribution in [0.5, 0.6) is 0 Å². The van der Waals surface area contributed by atoms with Crippen molar-refractivity contribution >= 4 is 28.4 Å². The Morgan fingerprint density at radius 1 is 1.70 bits per heavy atom. The Morgan fingerprint density at radius 2 is 2.30 bits per heavy atom. The van der Waals surface area contributed by atoms with Crippen molar-refractivity contribution in [3.05, 3.63) is 21.5 Å². The van der Waals surface area contributed by atoms with Crippen LogP contribution in [-0.2, 0) is 7.05 Å². The summed E-state index contributed by atoms with van der Waals surface area (Å²) in [7, 11) is 1.87. The van der Waals surface area contributed by atoms with E-state index in [2.05, 4.69) is 22.6 Å². The molecule has 0 amide bonds. The molecule has 0 spiro atoms. The van der Waals surface area contributed by atoms with Gasteiger partial charge in [0, 0.05) is 23.7 Å². The molecule has 0 aliphatic heterocycles. The normalized spacial score (nSPS) is 9.90. The van der Waals surface area contributed by atoms with Crippen LogP contribution < -0.4 is 0 Å². The Labute approximate surface area is 73.4 Å².